The molecule has 2 fully saturated rings. The van der Waals surface area contributed by atoms with E-state index in [0.717, 1.165) is 32.1 Å². The Kier molecular flexibility index (Phi) is 7.79. The van der Waals surface area contributed by atoms with Crippen molar-refractivity contribution in [1.29, 1.82) is 0 Å². The average molecular weight is 396 g/mol. The minimum absolute atomic E-state index is 0.0302. The molecule has 1 saturated heterocycles. The van der Waals surface area contributed by atoms with Crippen LogP contribution in [0.3, 0.4) is 0 Å². The fourth-order valence-electron chi connectivity index (χ4n) is 4.18. The molecule has 0 aromatic rings. The van der Waals surface area contributed by atoms with Crippen LogP contribution in [0.15, 0.2) is 0 Å². The second kappa shape index (κ2) is 9.86. The van der Waals surface area contributed by atoms with E-state index in [-0.39, 0.29) is 36.2 Å². The number of nitrogens with one attached hydrogen (secondary N) is 3. The lowest BCUT2D eigenvalue weighted by Crippen LogP contribution is -2.58. The molecule has 2 rings (SSSR count). The third-order valence-corrected chi connectivity index (χ3v) is 5.83. The Morgan fingerprint density at radius 3 is 2.29 bits per heavy atom. The molecule has 1 heterocycles. The van der Waals surface area contributed by atoms with Crippen LogP contribution in [0, 0.1) is 5.92 Å². The van der Waals surface area contributed by atoms with Crippen LogP contribution < -0.4 is 21.7 Å². The molecule has 4 amide bonds. The number of rotatable bonds is 7. The van der Waals surface area contributed by atoms with Gasteiger partial charge in [0.25, 0.3) is 0 Å². The van der Waals surface area contributed by atoms with Gasteiger partial charge in [-0.15, -0.1) is 0 Å². The van der Waals surface area contributed by atoms with E-state index < -0.39 is 24.0 Å². The van der Waals surface area contributed by atoms with Crippen LogP contribution in [0.25, 0.3) is 0 Å². The molecule has 1 aliphatic carbocycles. The molecule has 0 bridgehead atoms. The Morgan fingerprint density at radius 1 is 1.11 bits per heavy atom. The average Bonchev–Trinajstić information content (AvgIpc) is 3.08. The van der Waals surface area contributed by atoms with E-state index in [0.29, 0.717) is 6.42 Å². The summed E-state index contributed by atoms with van der Waals surface area (Å²) in [6.45, 7) is 3.34. The van der Waals surface area contributed by atoms with Crippen molar-refractivity contribution >= 4 is 23.6 Å². The molecule has 5 N–H and O–H groups in total. The molecule has 9 nitrogen and oxygen atoms in total. The quantitative estimate of drug-likeness (QED) is 0.450. The molecule has 2 aliphatic rings. The highest BCUT2D eigenvalue weighted by Gasteiger charge is 2.43. The van der Waals surface area contributed by atoms with E-state index >= 15 is 0 Å². The molecule has 9 heteroatoms. The van der Waals surface area contributed by atoms with Gasteiger partial charge in [-0.05, 0) is 39.2 Å². The smallest absolute Gasteiger partial charge is 0.246 e. The highest BCUT2D eigenvalue weighted by Crippen LogP contribution is 2.29. The highest BCUT2D eigenvalue weighted by atomic mass is 16.2. The molecule has 158 valence electrons. The molecule has 0 spiro atoms. The summed E-state index contributed by atoms with van der Waals surface area (Å²) in [7, 11) is 1.68. The Hall–Kier alpha value is -2.16. The Morgan fingerprint density at radius 2 is 1.75 bits per heavy atom. The van der Waals surface area contributed by atoms with E-state index in [1.807, 2.05) is 0 Å². The zero-order valence-corrected chi connectivity index (χ0v) is 17.0. The molecule has 28 heavy (non-hydrogen) atoms. The highest BCUT2D eigenvalue weighted by molar-refractivity contribution is 5.93. The van der Waals surface area contributed by atoms with E-state index in [1.54, 1.807) is 14.0 Å². The molecule has 3 unspecified atom stereocenters. The number of nitrogens with two attached hydrogens (primary N) is 1. The molecule has 1 saturated carbocycles. The Labute approximate surface area is 166 Å². The number of likely N-dealkylation sites (N-methyl/N-ethyl adjacent to an activating group) is 1. The summed E-state index contributed by atoms with van der Waals surface area (Å²) >= 11 is 0. The number of amides is 4. The van der Waals surface area contributed by atoms with Gasteiger partial charge >= 0.3 is 0 Å². The fourth-order valence-corrected chi connectivity index (χ4v) is 4.18. The SMILES string of the molecule is CN[C@@H](C)C(=O)NC(C(=O)N1CC(NC(C)=O)CC1C(N)=O)C1CCCCC1. The maximum Gasteiger partial charge on any atom is 0.246 e. The van der Waals surface area contributed by atoms with Gasteiger partial charge in [-0.25, -0.2) is 0 Å². The summed E-state index contributed by atoms with van der Waals surface area (Å²) in [5.74, 6) is -1.33. The largest absolute Gasteiger partial charge is 0.368 e. The van der Waals surface area contributed by atoms with E-state index in [1.165, 1.54) is 11.8 Å². The van der Waals surface area contributed by atoms with Crippen LogP contribution in [-0.2, 0) is 19.2 Å². The summed E-state index contributed by atoms with van der Waals surface area (Å²) in [4.78, 5) is 50.7. The lowest BCUT2D eigenvalue weighted by atomic mass is 9.83. The number of hydrogen-bond acceptors (Lipinski definition) is 5. The first-order valence-electron chi connectivity index (χ1n) is 10.1. The van der Waals surface area contributed by atoms with Gasteiger partial charge in [0.1, 0.15) is 12.1 Å². The van der Waals surface area contributed by atoms with Gasteiger partial charge in [-0.1, -0.05) is 19.3 Å². The van der Waals surface area contributed by atoms with Crippen LogP contribution >= 0.6 is 0 Å². The van der Waals surface area contributed by atoms with Gasteiger partial charge in [-0.2, -0.15) is 0 Å². The van der Waals surface area contributed by atoms with Crippen molar-refractivity contribution in [3.8, 4) is 0 Å². The topological polar surface area (TPSA) is 134 Å². The maximum atomic E-state index is 13.4. The van der Waals surface area contributed by atoms with Crippen LogP contribution in [0.5, 0.6) is 0 Å². The predicted octanol–water partition coefficient (Wildman–Crippen LogP) is -0.750. The third-order valence-electron chi connectivity index (χ3n) is 5.83. The van der Waals surface area contributed by atoms with Crippen LogP contribution in [0.4, 0.5) is 0 Å². The summed E-state index contributed by atoms with van der Waals surface area (Å²) in [6.07, 6.45) is 5.15. The lowest BCUT2D eigenvalue weighted by Gasteiger charge is -2.34. The minimum Gasteiger partial charge on any atom is -0.368 e. The van der Waals surface area contributed by atoms with Crippen molar-refractivity contribution in [3.63, 3.8) is 0 Å². The molecule has 0 aromatic heterocycles. The van der Waals surface area contributed by atoms with Crippen molar-refractivity contribution < 1.29 is 19.2 Å². The molecular formula is C19H33N5O4. The monoisotopic (exact) mass is 395 g/mol. The Bertz CT molecular complexity index is 605. The van der Waals surface area contributed by atoms with Gasteiger partial charge in [0.15, 0.2) is 0 Å². The molecule has 0 radical (unpaired) electrons. The number of nitrogens with zero attached hydrogens (tertiary/aromatic N) is 1. The normalized spacial score (nSPS) is 25.0. The van der Waals surface area contributed by atoms with Gasteiger partial charge in [-0.3, -0.25) is 19.2 Å². The van der Waals surface area contributed by atoms with E-state index in [9.17, 15) is 19.2 Å². The molecule has 0 aromatic carbocycles. The number of hydrogen-bond donors (Lipinski definition) is 4. The van der Waals surface area contributed by atoms with E-state index in [4.69, 9.17) is 5.73 Å². The fraction of sp³-hybridized carbons (Fsp3) is 0.789. The standard InChI is InChI=1S/C19H33N5O4/c1-11(21-3)18(27)23-16(13-7-5-4-6-8-13)19(28)24-10-14(22-12(2)25)9-15(24)17(20)26/h11,13-16,21H,4-10H2,1-3H3,(H2,20,26)(H,22,25)(H,23,27)/t11-,14?,15?,16?/m0/s1. The maximum absolute atomic E-state index is 13.4. The number of carbonyl (C=O) groups is 4. The van der Waals surface area contributed by atoms with Crippen molar-refractivity contribution in [2.75, 3.05) is 13.6 Å². The van der Waals surface area contributed by atoms with Crippen LogP contribution in [0.1, 0.15) is 52.4 Å². The first-order chi connectivity index (χ1) is 13.2. The predicted molar refractivity (Wildman–Crippen MR) is 104 cm³/mol. The summed E-state index contributed by atoms with van der Waals surface area (Å²) in [5.41, 5.74) is 5.53. The summed E-state index contributed by atoms with van der Waals surface area (Å²) in [5, 5.41) is 8.54. The van der Waals surface area contributed by atoms with Crippen LogP contribution in [-0.4, -0.2) is 66.3 Å². The van der Waals surface area contributed by atoms with Gasteiger partial charge in [0, 0.05) is 19.5 Å². The van der Waals surface area contributed by atoms with Crippen molar-refractivity contribution in [2.24, 2.45) is 11.7 Å². The molecule has 4 atom stereocenters. The number of primary amides is 1. The van der Waals surface area contributed by atoms with Crippen LogP contribution in [0.2, 0.25) is 0 Å². The molecule has 1 aliphatic heterocycles. The third kappa shape index (κ3) is 5.43. The second-order valence-corrected chi connectivity index (χ2v) is 7.94. The number of likely N-dealkylation sites (tertiary alicyclic amines) is 1. The summed E-state index contributed by atoms with van der Waals surface area (Å²) < 4.78 is 0. The van der Waals surface area contributed by atoms with Crippen molar-refractivity contribution in [3.05, 3.63) is 0 Å². The number of carbonyl (C=O) groups excluding carboxylic acids is 4. The second-order valence-electron chi connectivity index (χ2n) is 7.94. The van der Waals surface area contributed by atoms with Crippen molar-refractivity contribution in [1.82, 2.24) is 20.9 Å². The lowest BCUT2D eigenvalue weighted by molar-refractivity contribution is -0.142. The zero-order valence-electron chi connectivity index (χ0n) is 17.0. The van der Waals surface area contributed by atoms with Gasteiger partial charge in [0.2, 0.25) is 23.6 Å². The van der Waals surface area contributed by atoms with Crippen molar-refractivity contribution in [2.45, 2.75) is 76.5 Å². The van der Waals surface area contributed by atoms with Gasteiger partial charge in [0.05, 0.1) is 6.04 Å². The minimum atomic E-state index is -0.783. The Balaban J connectivity index is 2.21. The molecular weight excluding hydrogens is 362 g/mol. The first-order valence-corrected chi connectivity index (χ1v) is 10.1. The van der Waals surface area contributed by atoms with E-state index in [2.05, 4.69) is 16.0 Å². The first kappa shape index (κ1) is 22.1. The van der Waals surface area contributed by atoms with Gasteiger partial charge < -0.3 is 26.6 Å². The summed E-state index contributed by atoms with van der Waals surface area (Å²) in [6, 6.07) is -2.23. The zero-order chi connectivity index (χ0) is 20.8.